The molecule has 4 heteroatoms. The van der Waals surface area contributed by atoms with Crippen LogP contribution in [0.5, 0.6) is 0 Å². The van der Waals surface area contributed by atoms with Gasteiger partial charge in [-0.05, 0) is 38.5 Å². The van der Waals surface area contributed by atoms with Gasteiger partial charge in [-0.15, -0.1) is 0 Å². The summed E-state index contributed by atoms with van der Waals surface area (Å²) < 4.78 is 0. The van der Waals surface area contributed by atoms with E-state index in [2.05, 4.69) is 39.5 Å². The van der Waals surface area contributed by atoms with Crippen LogP contribution in [-0.4, -0.2) is 17.6 Å². The summed E-state index contributed by atoms with van der Waals surface area (Å²) in [5, 5.41) is 1.18. The van der Waals surface area contributed by atoms with Crippen molar-refractivity contribution in [2.75, 3.05) is 11.4 Å². The van der Waals surface area contributed by atoms with Crippen molar-refractivity contribution in [3.63, 3.8) is 0 Å². The predicted octanol–water partition coefficient (Wildman–Crippen LogP) is 4.52. The molecular weight excluding hydrogens is 278 g/mol. The van der Waals surface area contributed by atoms with Crippen molar-refractivity contribution in [2.24, 2.45) is 11.1 Å². The molecule has 1 aliphatic rings. The molecule has 0 spiro atoms. The smallest absolute Gasteiger partial charge is 0.186 e. The summed E-state index contributed by atoms with van der Waals surface area (Å²) in [4.78, 5) is 8.74. The molecule has 1 heterocycles. The van der Waals surface area contributed by atoms with Gasteiger partial charge in [0.15, 0.2) is 5.13 Å². The van der Waals surface area contributed by atoms with E-state index in [4.69, 9.17) is 10.7 Å². The minimum atomic E-state index is 0.166. The van der Waals surface area contributed by atoms with E-state index < -0.39 is 0 Å². The Hall–Kier alpha value is -0.610. The normalized spacial score (nSPS) is 20.6. The first-order chi connectivity index (χ1) is 9.84. The van der Waals surface area contributed by atoms with Gasteiger partial charge in [-0.3, -0.25) is 0 Å². The van der Waals surface area contributed by atoms with Crippen LogP contribution in [0.2, 0.25) is 0 Å². The van der Waals surface area contributed by atoms with Crippen molar-refractivity contribution < 1.29 is 0 Å². The number of aromatic nitrogens is 1. The minimum Gasteiger partial charge on any atom is -0.346 e. The third kappa shape index (κ3) is 3.98. The summed E-state index contributed by atoms with van der Waals surface area (Å²) in [6.45, 7) is 12.5. The predicted molar refractivity (Wildman–Crippen MR) is 93.2 cm³/mol. The fourth-order valence-electron chi connectivity index (χ4n) is 3.21. The zero-order valence-electron chi connectivity index (χ0n) is 14.3. The highest BCUT2D eigenvalue weighted by atomic mass is 32.1. The number of fused-ring (bicyclic) bond motifs is 1. The Bertz CT molecular complexity index is 465. The van der Waals surface area contributed by atoms with Gasteiger partial charge in [0.25, 0.3) is 0 Å². The molecule has 0 radical (unpaired) electrons. The Balaban J connectivity index is 2.20. The summed E-state index contributed by atoms with van der Waals surface area (Å²) in [6.07, 6.45) is 5.93. The van der Waals surface area contributed by atoms with E-state index in [0.717, 1.165) is 19.4 Å². The highest BCUT2D eigenvalue weighted by Gasteiger charge is 2.34. The lowest BCUT2D eigenvalue weighted by Gasteiger charge is -2.32. The molecule has 0 fully saturated rings. The van der Waals surface area contributed by atoms with Gasteiger partial charge in [-0.2, -0.15) is 0 Å². The molecule has 0 saturated carbocycles. The van der Waals surface area contributed by atoms with E-state index in [-0.39, 0.29) is 11.5 Å². The van der Waals surface area contributed by atoms with Crippen molar-refractivity contribution in [3.8, 4) is 0 Å². The number of rotatable bonds is 6. The van der Waals surface area contributed by atoms with Crippen LogP contribution in [-0.2, 0) is 6.42 Å². The van der Waals surface area contributed by atoms with Gasteiger partial charge in [0.1, 0.15) is 0 Å². The molecule has 2 rings (SSSR count). The molecule has 0 aromatic carbocycles. The van der Waals surface area contributed by atoms with Gasteiger partial charge in [0.2, 0.25) is 0 Å². The van der Waals surface area contributed by atoms with Crippen LogP contribution in [0.1, 0.15) is 76.9 Å². The molecule has 2 N–H and O–H groups in total. The molecule has 3 nitrogen and oxygen atoms in total. The summed E-state index contributed by atoms with van der Waals surface area (Å²) in [5.41, 5.74) is 7.92. The van der Waals surface area contributed by atoms with Crippen LogP contribution in [0.3, 0.4) is 0 Å². The summed E-state index contributed by atoms with van der Waals surface area (Å²) in [7, 11) is 0. The second-order valence-corrected chi connectivity index (χ2v) is 8.46. The Morgan fingerprint density at radius 2 is 2.10 bits per heavy atom. The Morgan fingerprint density at radius 3 is 2.71 bits per heavy atom. The molecule has 21 heavy (non-hydrogen) atoms. The van der Waals surface area contributed by atoms with Crippen molar-refractivity contribution in [1.82, 2.24) is 4.98 Å². The second kappa shape index (κ2) is 6.66. The van der Waals surface area contributed by atoms with E-state index in [1.165, 1.54) is 35.0 Å². The van der Waals surface area contributed by atoms with Gasteiger partial charge in [-0.25, -0.2) is 4.98 Å². The number of hydrogen-bond donors (Lipinski definition) is 1. The number of thiazole rings is 1. The van der Waals surface area contributed by atoms with Crippen molar-refractivity contribution in [2.45, 2.75) is 78.8 Å². The monoisotopic (exact) mass is 309 g/mol. The van der Waals surface area contributed by atoms with E-state index in [1.807, 2.05) is 11.3 Å². The van der Waals surface area contributed by atoms with Crippen LogP contribution < -0.4 is 10.6 Å². The highest BCUT2D eigenvalue weighted by Crippen LogP contribution is 2.43. The summed E-state index contributed by atoms with van der Waals surface area (Å²) in [6, 6.07) is 0.665. The lowest BCUT2D eigenvalue weighted by atomic mass is 9.77. The molecular formula is C17H31N3S. The fourth-order valence-corrected chi connectivity index (χ4v) is 4.45. The molecule has 1 atom stereocenters. The third-order valence-electron chi connectivity index (χ3n) is 4.34. The standard InChI is InChI=1S/C17H31N3S/c1-6-7-8-9-20(12(2)3)16-19-14-11-17(4,5)10-13(18)15(14)21-16/h12-13H,6-11,18H2,1-5H3. The highest BCUT2D eigenvalue weighted by molar-refractivity contribution is 7.15. The summed E-state index contributed by atoms with van der Waals surface area (Å²) in [5.74, 6) is 0. The Labute approximate surface area is 133 Å². The first-order valence-corrected chi connectivity index (χ1v) is 9.17. The van der Waals surface area contributed by atoms with Crippen molar-refractivity contribution in [1.29, 1.82) is 0 Å². The number of nitrogens with two attached hydrogens (primary N) is 1. The van der Waals surface area contributed by atoms with Gasteiger partial charge in [0, 0.05) is 23.5 Å². The number of hydrogen-bond acceptors (Lipinski definition) is 4. The lowest BCUT2D eigenvalue weighted by Crippen LogP contribution is -2.31. The van der Waals surface area contributed by atoms with Crippen LogP contribution in [0, 0.1) is 5.41 Å². The molecule has 0 aliphatic heterocycles. The van der Waals surface area contributed by atoms with Crippen LogP contribution >= 0.6 is 11.3 Å². The maximum Gasteiger partial charge on any atom is 0.186 e. The summed E-state index contributed by atoms with van der Waals surface area (Å²) >= 11 is 1.83. The average molecular weight is 310 g/mol. The minimum absolute atomic E-state index is 0.166. The van der Waals surface area contributed by atoms with E-state index in [9.17, 15) is 0 Å². The topological polar surface area (TPSA) is 42.2 Å². The van der Waals surface area contributed by atoms with E-state index >= 15 is 0 Å². The third-order valence-corrected chi connectivity index (χ3v) is 5.61. The molecule has 0 bridgehead atoms. The zero-order valence-corrected chi connectivity index (χ0v) is 15.1. The molecule has 1 aromatic heterocycles. The van der Waals surface area contributed by atoms with Gasteiger partial charge >= 0.3 is 0 Å². The van der Waals surface area contributed by atoms with Gasteiger partial charge in [0.05, 0.1) is 5.69 Å². The first kappa shape index (κ1) is 16.8. The van der Waals surface area contributed by atoms with Crippen LogP contribution in [0.15, 0.2) is 0 Å². The fraction of sp³-hybridized carbons (Fsp3) is 0.824. The SMILES string of the molecule is CCCCCN(c1nc2c(s1)C(N)CC(C)(C)C2)C(C)C. The van der Waals surface area contributed by atoms with Gasteiger partial charge in [-0.1, -0.05) is 44.9 Å². The lowest BCUT2D eigenvalue weighted by molar-refractivity contribution is 0.282. The molecule has 0 amide bonds. The van der Waals surface area contributed by atoms with Gasteiger partial charge < -0.3 is 10.6 Å². The molecule has 1 aromatic rings. The molecule has 1 aliphatic carbocycles. The number of anilines is 1. The maximum atomic E-state index is 6.39. The molecule has 120 valence electrons. The Morgan fingerprint density at radius 1 is 1.38 bits per heavy atom. The zero-order chi connectivity index (χ0) is 15.6. The van der Waals surface area contributed by atoms with E-state index in [1.54, 1.807) is 0 Å². The number of unbranched alkanes of at least 4 members (excludes halogenated alkanes) is 2. The average Bonchev–Trinajstić information content (AvgIpc) is 2.76. The second-order valence-electron chi connectivity index (χ2n) is 7.45. The maximum absolute atomic E-state index is 6.39. The van der Waals surface area contributed by atoms with Crippen LogP contribution in [0.25, 0.3) is 0 Å². The first-order valence-electron chi connectivity index (χ1n) is 8.36. The van der Waals surface area contributed by atoms with Crippen LogP contribution in [0.4, 0.5) is 5.13 Å². The Kier molecular flexibility index (Phi) is 5.31. The van der Waals surface area contributed by atoms with Crippen molar-refractivity contribution >= 4 is 16.5 Å². The molecule has 0 saturated heterocycles. The van der Waals surface area contributed by atoms with E-state index in [0.29, 0.717) is 6.04 Å². The quantitative estimate of drug-likeness (QED) is 0.786. The largest absolute Gasteiger partial charge is 0.346 e. The molecule has 1 unspecified atom stereocenters. The number of nitrogens with zero attached hydrogens (tertiary/aromatic N) is 2. The van der Waals surface area contributed by atoms with Crippen molar-refractivity contribution in [3.05, 3.63) is 10.6 Å².